The van der Waals surface area contributed by atoms with Crippen molar-refractivity contribution in [1.82, 2.24) is 19.2 Å². The Balaban J connectivity index is 1.90. The summed E-state index contributed by atoms with van der Waals surface area (Å²) >= 11 is 0. The van der Waals surface area contributed by atoms with Gasteiger partial charge in [0, 0.05) is 31.9 Å². The zero-order chi connectivity index (χ0) is 18.4. The summed E-state index contributed by atoms with van der Waals surface area (Å²) in [5.74, 6) is -0.0122. The molecule has 3 rings (SSSR count). The summed E-state index contributed by atoms with van der Waals surface area (Å²) < 4.78 is 26.7. The maximum atomic E-state index is 12.9. The number of aromatic nitrogens is 2. The minimum Gasteiger partial charge on any atom is -0.340 e. The van der Waals surface area contributed by atoms with Crippen LogP contribution in [-0.4, -0.2) is 59.2 Å². The summed E-state index contributed by atoms with van der Waals surface area (Å²) in [5.41, 5.74) is -2.44. The number of nitrogens with one attached hydrogen (secondary N) is 2. The Bertz CT molecular complexity index is 903. The quantitative estimate of drug-likeness (QED) is 0.741. The number of hydrogen-bond acceptors (Lipinski definition) is 5. The summed E-state index contributed by atoms with van der Waals surface area (Å²) in [6.45, 7) is 4.82. The molecule has 2 saturated heterocycles. The minimum absolute atomic E-state index is 0.0122. The fourth-order valence-electron chi connectivity index (χ4n) is 3.74. The lowest BCUT2D eigenvalue weighted by atomic mass is 9.78. The molecule has 3 heterocycles. The van der Waals surface area contributed by atoms with Gasteiger partial charge in [-0.2, -0.15) is 4.31 Å². The number of sulfonamides is 1. The third-order valence-electron chi connectivity index (χ3n) is 5.11. The number of carbonyl (C=O) groups excluding carboxylic acids is 1. The molecule has 138 valence electrons. The molecule has 10 heteroatoms. The van der Waals surface area contributed by atoms with Crippen molar-refractivity contribution in [3.8, 4) is 0 Å². The normalized spacial score (nSPS) is 25.2. The van der Waals surface area contributed by atoms with Crippen molar-refractivity contribution in [2.45, 2.75) is 44.0 Å². The highest BCUT2D eigenvalue weighted by atomic mass is 32.2. The Hall–Kier alpha value is -1.94. The first kappa shape index (κ1) is 17.9. The van der Waals surface area contributed by atoms with Crippen molar-refractivity contribution in [2.24, 2.45) is 5.41 Å². The van der Waals surface area contributed by atoms with Gasteiger partial charge >= 0.3 is 5.69 Å². The number of piperidine rings is 1. The first-order chi connectivity index (χ1) is 11.7. The highest BCUT2D eigenvalue weighted by Crippen LogP contribution is 2.42. The Labute approximate surface area is 145 Å². The number of H-pyrrole nitrogens is 2. The zero-order valence-electron chi connectivity index (χ0n) is 14.2. The topological polar surface area (TPSA) is 123 Å². The smallest absolute Gasteiger partial charge is 0.325 e. The molecule has 0 aromatic carbocycles. The fraction of sp³-hybridized carbons (Fsp3) is 0.667. The lowest BCUT2D eigenvalue weighted by Gasteiger charge is -2.41. The average molecular weight is 370 g/mol. The first-order valence-electron chi connectivity index (χ1n) is 8.31. The van der Waals surface area contributed by atoms with Gasteiger partial charge in [-0.1, -0.05) is 0 Å². The summed E-state index contributed by atoms with van der Waals surface area (Å²) in [6, 6.07) is 0.0670. The molecule has 0 aliphatic carbocycles. The number of carbonyl (C=O) groups is 1. The number of aromatic amines is 2. The molecule has 2 aliphatic heterocycles. The maximum Gasteiger partial charge on any atom is 0.325 e. The van der Waals surface area contributed by atoms with E-state index in [1.54, 1.807) is 4.90 Å². The van der Waals surface area contributed by atoms with Crippen LogP contribution in [0.1, 0.15) is 33.1 Å². The molecule has 1 unspecified atom stereocenters. The summed E-state index contributed by atoms with van der Waals surface area (Å²) in [7, 11) is -4.07. The SMILES string of the molecule is CC(C)N1CCCC2(CCN(S(=O)(=O)c3c[nH]c(=O)[nH]c3=O)C2)C1=O. The molecule has 9 nitrogen and oxygen atoms in total. The van der Waals surface area contributed by atoms with E-state index in [0.717, 1.165) is 12.6 Å². The van der Waals surface area contributed by atoms with E-state index in [2.05, 4.69) is 4.98 Å². The van der Waals surface area contributed by atoms with Crippen molar-refractivity contribution in [1.29, 1.82) is 0 Å². The van der Waals surface area contributed by atoms with Gasteiger partial charge in [0.15, 0.2) is 4.90 Å². The van der Waals surface area contributed by atoms with Gasteiger partial charge < -0.3 is 9.88 Å². The molecule has 1 spiro atoms. The molecule has 0 radical (unpaired) electrons. The van der Waals surface area contributed by atoms with E-state index in [-0.39, 0.29) is 25.0 Å². The molecule has 25 heavy (non-hydrogen) atoms. The summed E-state index contributed by atoms with van der Waals surface area (Å²) in [5, 5.41) is 0. The summed E-state index contributed by atoms with van der Waals surface area (Å²) in [4.78, 5) is 41.3. The summed E-state index contributed by atoms with van der Waals surface area (Å²) in [6.07, 6.45) is 2.82. The van der Waals surface area contributed by atoms with Crippen LogP contribution in [0.25, 0.3) is 0 Å². The molecule has 0 saturated carbocycles. The average Bonchev–Trinajstić information content (AvgIpc) is 2.95. The van der Waals surface area contributed by atoms with Crippen LogP contribution in [0, 0.1) is 5.41 Å². The Morgan fingerprint density at radius 3 is 2.52 bits per heavy atom. The van der Waals surface area contributed by atoms with Gasteiger partial charge in [-0.15, -0.1) is 0 Å². The lowest BCUT2D eigenvalue weighted by Crippen LogP contribution is -2.52. The van der Waals surface area contributed by atoms with Crippen LogP contribution < -0.4 is 11.2 Å². The van der Waals surface area contributed by atoms with E-state index in [1.165, 1.54) is 4.31 Å². The minimum atomic E-state index is -4.07. The van der Waals surface area contributed by atoms with Gasteiger partial charge in [-0.25, -0.2) is 13.2 Å². The van der Waals surface area contributed by atoms with Gasteiger partial charge in [0.25, 0.3) is 5.56 Å². The van der Waals surface area contributed by atoms with Crippen molar-refractivity contribution in [2.75, 3.05) is 19.6 Å². The van der Waals surface area contributed by atoms with Crippen LogP contribution in [0.4, 0.5) is 0 Å². The van der Waals surface area contributed by atoms with E-state index in [4.69, 9.17) is 0 Å². The molecule has 1 atom stereocenters. The monoisotopic (exact) mass is 370 g/mol. The molecule has 1 amide bonds. The molecule has 2 aliphatic rings. The highest BCUT2D eigenvalue weighted by molar-refractivity contribution is 7.89. The number of likely N-dealkylation sites (tertiary alicyclic amines) is 1. The zero-order valence-corrected chi connectivity index (χ0v) is 15.1. The van der Waals surface area contributed by atoms with Crippen molar-refractivity contribution in [3.05, 3.63) is 27.0 Å². The van der Waals surface area contributed by atoms with Gasteiger partial charge in [0.2, 0.25) is 15.9 Å². The van der Waals surface area contributed by atoms with Crippen LogP contribution in [0.5, 0.6) is 0 Å². The van der Waals surface area contributed by atoms with E-state index in [1.807, 2.05) is 18.8 Å². The lowest BCUT2D eigenvalue weighted by molar-refractivity contribution is -0.147. The van der Waals surface area contributed by atoms with E-state index < -0.39 is 31.6 Å². The van der Waals surface area contributed by atoms with Gasteiger partial charge in [-0.3, -0.25) is 14.6 Å². The third-order valence-corrected chi connectivity index (χ3v) is 6.96. The first-order valence-corrected chi connectivity index (χ1v) is 9.75. The highest BCUT2D eigenvalue weighted by Gasteiger charge is 2.51. The van der Waals surface area contributed by atoms with Crippen molar-refractivity contribution >= 4 is 15.9 Å². The number of nitrogens with zero attached hydrogens (tertiary/aromatic N) is 2. The third kappa shape index (κ3) is 2.93. The van der Waals surface area contributed by atoms with Crippen molar-refractivity contribution < 1.29 is 13.2 Å². The standard InChI is InChI=1S/C15H22N4O5S/c1-10(2)19-6-3-4-15(13(19)21)5-7-18(9-15)25(23,24)11-8-16-14(22)17-12(11)20/h8,10H,3-7,9H2,1-2H3,(H2,16,17,20,22). The number of hydrogen-bond donors (Lipinski definition) is 2. The second kappa shape index (κ2) is 6.10. The van der Waals surface area contributed by atoms with Gasteiger partial charge in [0.1, 0.15) is 0 Å². The van der Waals surface area contributed by atoms with Crippen LogP contribution >= 0.6 is 0 Å². The Morgan fingerprint density at radius 1 is 1.16 bits per heavy atom. The molecule has 2 N–H and O–H groups in total. The Morgan fingerprint density at radius 2 is 1.88 bits per heavy atom. The van der Waals surface area contributed by atoms with Gasteiger partial charge in [0.05, 0.1) is 5.41 Å². The number of rotatable bonds is 3. The molecule has 1 aromatic rings. The predicted molar refractivity (Wildman–Crippen MR) is 89.6 cm³/mol. The fourth-order valence-corrected chi connectivity index (χ4v) is 5.26. The van der Waals surface area contributed by atoms with Crippen LogP contribution in [0.2, 0.25) is 0 Å². The van der Waals surface area contributed by atoms with E-state index >= 15 is 0 Å². The van der Waals surface area contributed by atoms with E-state index in [0.29, 0.717) is 19.4 Å². The molecular weight excluding hydrogens is 348 g/mol. The maximum absolute atomic E-state index is 12.9. The molecule has 2 fully saturated rings. The molecule has 1 aromatic heterocycles. The van der Waals surface area contributed by atoms with Crippen LogP contribution in [-0.2, 0) is 14.8 Å². The molecular formula is C15H22N4O5S. The van der Waals surface area contributed by atoms with E-state index in [9.17, 15) is 22.8 Å². The largest absolute Gasteiger partial charge is 0.340 e. The molecule has 0 bridgehead atoms. The Kier molecular flexibility index (Phi) is 4.36. The van der Waals surface area contributed by atoms with Gasteiger partial charge in [-0.05, 0) is 33.1 Å². The van der Waals surface area contributed by atoms with Crippen LogP contribution in [0.3, 0.4) is 0 Å². The van der Waals surface area contributed by atoms with Crippen LogP contribution in [0.15, 0.2) is 20.7 Å². The number of amides is 1. The second-order valence-corrected chi connectivity index (χ2v) is 8.91. The second-order valence-electron chi connectivity index (χ2n) is 7.00. The van der Waals surface area contributed by atoms with Crippen molar-refractivity contribution in [3.63, 3.8) is 0 Å². The predicted octanol–water partition coefficient (Wildman–Crippen LogP) is -0.525.